The Labute approximate surface area is 172 Å². The molecule has 2 aromatic rings. The number of carbonyl (C=O) groups excluding carboxylic acids is 3. The van der Waals surface area contributed by atoms with Crippen molar-refractivity contribution in [2.24, 2.45) is 0 Å². The summed E-state index contributed by atoms with van der Waals surface area (Å²) in [5.41, 5.74) is 1.73. The van der Waals surface area contributed by atoms with Crippen LogP contribution in [0.4, 0.5) is 10.5 Å². The second kappa shape index (κ2) is 8.60. The van der Waals surface area contributed by atoms with E-state index in [1.165, 1.54) is 25.1 Å². The monoisotopic (exact) mass is 408 g/mol. The molecule has 154 valence electrons. The van der Waals surface area contributed by atoms with Crippen molar-refractivity contribution in [3.63, 3.8) is 0 Å². The number of anilines is 1. The van der Waals surface area contributed by atoms with Crippen molar-refractivity contribution in [3.8, 4) is 5.75 Å². The molecule has 1 atom stereocenters. The molecule has 0 bridgehead atoms. The molecule has 1 heterocycles. The highest BCUT2D eigenvalue weighted by atomic mass is 16.5. The number of barbiturate groups is 1. The summed E-state index contributed by atoms with van der Waals surface area (Å²) in [6.45, 7) is 3.40. The summed E-state index contributed by atoms with van der Waals surface area (Å²) in [5, 5.41) is 11.1. The van der Waals surface area contributed by atoms with Gasteiger partial charge in [-0.25, -0.2) is 14.5 Å². The Bertz CT molecular complexity index is 1020. The van der Waals surface area contributed by atoms with Gasteiger partial charge in [0.1, 0.15) is 11.3 Å². The van der Waals surface area contributed by atoms with E-state index in [0.29, 0.717) is 17.0 Å². The van der Waals surface area contributed by atoms with Crippen molar-refractivity contribution in [1.82, 2.24) is 5.32 Å². The number of rotatable bonds is 6. The van der Waals surface area contributed by atoms with E-state index in [1.807, 2.05) is 19.1 Å². The topological polar surface area (TPSA) is 113 Å². The summed E-state index contributed by atoms with van der Waals surface area (Å²) in [5.74, 6) is -2.28. The van der Waals surface area contributed by atoms with Crippen molar-refractivity contribution < 1.29 is 29.0 Å². The highest BCUT2D eigenvalue weighted by molar-refractivity contribution is 6.39. The molecule has 30 heavy (non-hydrogen) atoms. The number of hydrogen-bond acceptors (Lipinski definition) is 5. The van der Waals surface area contributed by atoms with Crippen LogP contribution >= 0.6 is 0 Å². The van der Waals surface area contributed by atoms with Gasteiger partial charge in [0.2, 0.25) is 0 Å². The van der Waals surface area contributed by atoms with Crippen LogP contribution in [0.1, 0.15) is 25.0 Å². The summed E-state index contributed by atoms with van der Waals surface area (Å²) in [6.07, 6.45) is 1.16. The number of nitrogens with zero attached hydrogens (tertiary/aromatic N) is 1. The zero-order valence-corrected chi connectivity index (χ0v) is 16.4. The van der Waals surface area contributed by atoms with Crippen LogP contribution in [0.3, 0.4) is 0 Å². The molecular formula is C22H20N2O6. The number of benzene rings is 2. The molecule has 1 saturated heterocycles. The minimum Gasteiger partial charge on any atom is -0.479 e. The van der Waals surface area contributed by atoms with E-state index in [4.69, 9.17) is 9.84 Å². The fraction of sp³-hybridized carbons (Fsp3) is 0.182. The smallest absolute Gasteiger partial charge is 0.344 e. The summed E-state index contributed by atoms with van der Waals surface area (Å²) >= 11 is 0. The highest BCUT2D eigenvalue weighted by Crippen LogP contribution is 2.23. The third kappa shape index (κ3) is 4.38. The third-order valence-electron chi connectivity index (χ3n) is 4.56. The maximum Gasteiger partial charge on any atom is 0.344 e. The summed E-state index contributed by atoms with van der Waals surface area (Å²) in [7, 11) is 0. The van der Waals surface area contributed by atoms with Gasteiger partial charge in [-0.2, -0.15) is 0 Å². The molecular weight excluding hydrogens is 388 g/mol. The summed E-state index contributed by atoms with van der Waals surface area (Å²) in [4.78, 5) is 49.2. The van der Waals surface area contributed by atoms with Gasteiger partial charge in [0, 0.05) is 0 Å². The van der Waals surface area contributed by atoms with Gasteiger partial charge in [0.15, 0.2) is 6.10 Å². The largest absolute Gasteiger partial charge is 0.479 e. The number of ether oxygens (including phenoxy) is 1. The van der Waals surface area contributed by atoms with E-state index in [2.05, 4.69) is 5.32 Å². The molecule has 0 radical (unpaired) electrons. The Hall–Kier alpha value is -3.94. The molecule has 8 nitrogen and oxygen atoms in total. The van der Waals surface area contributed by atoms with Gasteiger partial charge in [0.25, 0.3) is 11.8 Å². The molecule has 2 N–H and O–H groups in total. The lowest BCUT2D eigenvalue weighted by molar-refractivity contribution is -0.144. The molecule has 1 fully saturated rings. The van der Waals surface area contributed by atoms with E-state index < -0.39 is 29.9 Å². The van der Waals surface area contributed by atoms with E-state index in [9.17, 15) is 19.2 Å². The Morgan fingerprint density at radius 2 is 1.73 bits per heavy atom. The van der Waals surface area contributed by atoms with Crippen molar-refractivity contribution in [2.75, 3.05) is 4.90 Å². The summed E-state index contributed by atoms with van der Waals surface area (Å²) < 4.78 is 5.25. The molecule has 8 heteroatoms. The van der Waals surface area contributed by atoms with Gasteiger partial charge in [-0.05, 0) is 54.8 Å². The number of aryl methyl sites for hydroxylation is 1. The number of aliphatic carboxylic acids is 1. The van der Waals surface area contributed by atoms with Gasteiger partial charge in [-0.1, -0.05) is 31.2 Å². The number of amides is 4. The molecule has 1 aliphatic rings. The van der Waals surface area contributed by atoms with E-state index >= 15 is 0 Å². The maximum absolute atomic E-state index is 12.9. The van der Waals surface area contributed by atoms with Crippen LogP contribution in [0.15, 0.2) is 54.1 Å². The van der Waals surface area contributed by atoms with Gasteiger partial charge < -0.3 is 9.84 Å². The lowest BCUT2D eigenvalue weighted by Crippen LogP contribution is -2.54. The molecule has 4 amide bonds. The Balaban J connectivity index is 1.85. The number of carboxylic acids is 1. The lowest BCUT2D eigenvalue weighted by Gasteiger charge is -2.26. The first-order valence-corrected chi connectivity index (χ1v) is 9.30. The highest BCUT2D eigenvalue weighted by Gasteiger charge is 2.36. The molecule has 2 aromatic carbocycles. The first-order valence-electron chi connectivity index (χ1n) is 9.30. The molecule has 0 unspecified atom stereocenters. The average Bonchev–Trinajstić information content (AvgIpc) is 2.72. The third-order valence-corrected chi connectivity index (χ3v) is 4.56. The number of imide groups is 2. The minimum atomic E-state index is -1.10. The Morgan fingerprint density at radius 1 is 1.10 bits per heavy atom. The number of nitrogens with one attached hydrogen (secondary N) is 1. The second-order valence-corrected chi connectivity index (χ2v) is 6.65. The van der Waals surface area contributed by atoms with E-state index in [1.54, 1.807) is 24.3 Å². The Kier molecular flexibility index (Phi) is 5.96. The SMILES string of the molecule is CCc1ccc(N2C(=O)NC(=O)/C(=C\c3ccc(O[C@@H](C)C(=O)O)cc3)C2=O)cc1. The van der Waals surface area contributed by atoms with Crippen LogP contribution < -0.4 is 15.0 Å². The number of hydrogen-bond donors (Lipinski definition) is 2. The summed E-state index contributed by atoms with van der Waals surface area (Å²) in [6, 6.07) is 12.3. The maximum atomic E-state index is 12.9. The first-order chi connectivity index (χ1) is 14.3. The first kappa shape index (κ1) is 20.8. The van der Waals surface area contributed by atoms with Crippen LogP contribution in [0.2, 0.25) is 0 Å². The molecule has 0 aliphatic carbocycles. The van der Waals surface area contributed by atoms with Crippen molar-refractivity contribution in [1.29, 1.82) is 0 Å². The fourth-order valence-corrected chi connectivity index (χ4v) is 2.84. The van der Waals surface area contributed by atoms with Crippen LogP contribution in [0.25, 0.3) is 6.08 Å². The average molecular weight is 408 g/mol. The van der Waals surface area contributed by atoms with E-state index in [-0.39, 0.29) is 5.57 Å². The number of urea groups is 1. The zero-order valence-electron chi connectivity index (χ0n) is 16.4. The van der Waals surface area contributed by atoms with Crippen molar-refractivity contribution in [2.45, 2.75) is 26.4 Å². The van der Waals surface area contributed by atoms with Gasteiger partial charge in [-0.3, -0.25) is 14.9 Å². The van der Waals surface area contributed by atoms with Crippen LogP contribution in [-0.4, -0.2) is 35.0 Å². The lowest BCUT2D eigenvalue weighted by atomic mass is 10.1. The minimum absolute atomic E-state index is 0.193. The van der Waals surface area contributed by atoms with Crippen LogP contribution in [0, 0.1) is 0 Å². The standard InChI is InChI=1S/C22H20N2O6/c1-3-14-4-8-16(9-5-14)24-20(26)18(19(25)23-22(24)29)12-15-6-10-17(11-7-15)30-13(2)21(27)28/h4-13H,3H2,1-2H3,(H,27,28)(H,23,25,29)/b18-12+/t13-/m0/s1. The van der Waals surface area contributed by atoms with Crippen LogP contribution in [0.5, 0.6) is 5.75 Å². The Morgan fingerprint density at radius 3 is 2.30 bits per heavy atom. The van der Waals surface area contributed by atoms with Gasteiger partial charge in [0.05, 0.1) is 5.69 Å². The molecule has 3 rings (SSSR count). The predicted molar refractivity (Wildman–Crippen MR) is 109 cm³/mol. The normalized spacial score (nSPS) is 16.4. The zero-order chi connectivity index (χ0) is 21.8. The van der Waals surface area contributed by atoms with Crippen molar-refractivity contribution in [3.05, 3.63) is 65.2 Å². The van der Waals surface area contributed by atoms with E-state index in [0.717, 1.165) is 16.9 Å². The molecule has 0 saturated carbocycles. The van der Waals surface area contributed by atoms with Crippen molar-refractivity contribution >= 4 is 35.6 Å². The fourth-order valence-electron chi connectivity index (χ4n) is 2.84. The molecule has 0 aromatic heterocycles. The second-order valence-electron chi connectivity index (χ2n) is 6.65. The van der Waals surface area contributed by atoms with Gasteiger partial charge >= 0.3 is 12.0 Å². The molecule has 0 spiro atoms. The quantitative estimate of drug-likeness (QED) is 0.561. The molecule has 1 aliphatic heterocycles. The van der Waals surface area contributed by atoms with Crippen LogP contribution in [-0.2, 0) is 20.8 Å². The number of carbonyl (C=O) groups is 4. The number of carboxylic acid groups (broad SMARTS) is 1. The van der Waals surface area contributed by atoms with Gasteiger partial charge in [-0.15, -0.1) is 0 Å². The predicted octanol–water partition coefficient (Wildman–Crippen LogP) is 2.77.